The van der Waals surface area contributed by atoms with Crippen molar-refractivity contribution in [2.24, 2.45) is 5.92 Å². The summed E-state index contributed by atoms with van der Waals surface area (Å²) in [6.45, 7) is 3.14. The lowest BCUT2D eigenvalue weighted by Gasteiger charge is -2.36. The number of fused-ring (bicyclic) bond motifs is 1. The van der Waals surface area contributed by atoms with Crippen LogP contribution in [0.25, 0.3) is 0 Å². The number of ether oxygens (including phenoxy) is 2. The van der Waals surface area contributed by atoms with Crippen molar-refractivity contribution in [3.05, 3.63) is 30.0 Å². The van der Waals surface area contributed by atoms with Gasteiger partial charge in [-0.05, 0) is 25.7 Å². The number of benzene rings is 1. The van der Waals surface area contributed by atoms with Crippen LogP contribution in [0.1, 0.15) is 34.6 Å². The van der Waals surface area contributed by atoms with Gasteiger partial charge in [0.15, 0.2) is 23.2 Å². The molecule has 1 aliphatic heterocycles. The van der Waals surface area contributed by atoms with E-state index in [2.05, 4.69) is 20.0 Å². The van der Waals surface area contributed by atoms with Crippen LogP contribution in [-0.2, 0) is 4.79 Å². The molecule has 0 unspecified atom stereocenters. The molecule has 0 spiro atoms. The largest absolute Gasteiger partial charge is 0.493 e. The average Bonchev–Trinajstić information content (AvgIpc) is 2.70. The van der Waals surface area contributed by atoms with Gasteiger partial charge in [0.1, 0.15) is 11.4 Å². The summed E-state index contributed by atoms with van der Waals surface area (Å²) in [5.41, 5.74) is 0.714. The molecule has 1 aromatic carbocycles. The summed E-state index contributed by atoms with van der Waals surface area (Å²) in [4.78, 5) is 24.6. The number of nitrogens with one attached hydrogen (secondary N) is 1. The number of rotatable bonds is 7. The van der Waals surface area contributed by atoms with Gasteiger partial charge >= 0.3 is 0 Å². The minimum absolute atomic E-state index is 0. The van der Waals surface area contributed by atoms with E-state index in [0.717, 1.165) is 30.8 Å². The zero-order valence-electron chi connectivity index (χ0n) is 17.7. The van der Waals surface area contributed by atoms with Gasteiger partial charge in [-0.1, -0.05) is 14.9 Å². The number of likely N-dealkylation sites (N-methyl/N-ethyl adjacent to an activating group) is 2. The molecule has 4 rings (SSSR count). The van der Waals surface area contributed by atoms with Crippen molar-refractivity contribution in [2.75, 3.05) is 49.0 Å². The lowest BCUT2D eigenvalue weighted by Crippen LogP contribution is -2.45. The molecular formula is C23H33F2N5O3. The van der Waals surface area contributed by atoms with E-state index in [1.165, 1.54) is 7.11 Å². The first-order chi connectivity index (χ1) is 14.9. The molecule has 8 nitrogen and oxygen atoms in total. The number of halogens is 2. The van der Waals surface area contributed by atoms with Gasteiger partial charge in [0.05, 0.1) is 26.5 Å². The van der Waals surface area contributed by atoms with E-state index in [1.54, 1.807) is 11.1 Å². The van der Waals surface area contributed by atoms with Crippen LogP contribution < -0.4 is 24.6 Å². The maximum Gasteiger partial charge on any atom is 0.246 e. The Bertz CT molecular complexity index is 962. The fourth-order valence-electron chi connectivity index (χ4n) is 3.95. The van der Waals surface area contributed by atoms with E-state index in [9.17, 15) is 13.6 Å². The molecule has 2 heterocycles. The van der Waals surface area contributed by atoms with E-state index in [4.69, 9.17) is 4.74 Å². The lowest BCUT2D eigenvalue weighted by atomic mass is 9.81. The minimum Gasteiger partial charge on any atom is -0.493 e. The number of methoxy groups -OCH3 is 1. The number of aromatic nitrogens is 2. The molecule has 10 heteroatoms. The Balaban J connectivity index is 0.00000193. The number of hydrogen-bond acceptors (Lipinski definition) is 7. The van der Waals surface area contributed by atoms with Crippen LogP contribution in [0.5, 0.6) is 11.5 Å². The third-order valence-electron chi connectivity index (χ3n) is 5.62. The molecule has 1 fully saturated rings. The molecule has 2 aromatic rings. The Morgan fingerprint density at radius 3 is 2.48 bits per heavy atom. The summed E-state index contributed by atoms with van der Waals surface area (Å²) in [7, 11) is 3.05. The standard InChI is InChI=1S/C21H25F2N5O3.2CH4/c1-4-28-17-9-24-21(26-20(17)27(2)10-18(28)29)25-13-5-12(6-13)11-31-14-7-15(22)19(30-3)16(23)8-14;;/h7-9,12-13H,4-6,10-11H2,1-3H3,(H,24,25,26);2*1H4. The van der Waals surface area contributed by atoms with E-state index < -0.39 is 17.4 Å². The van der Waals surface area contributed by atoms with E-state index in [0.29, 0.717) is 24.8 Å². The molecule has 0 atom stereocenters. The number of hydrogen-bond donors (Lipinski definition) is 1. The second-order valence-electron chi connectivity index (χ2n) is 7.81. The molecule has 0 radical (unpaired) electrons. The average molecular weight is 466 g/mol. The fraction of sp³-hybridized carbons (Fsp3) is 0.522. The van der Waals surface area contributed by atoms with Gasteiger partial charge in [-0.15, -0.1) is 0 Å². The Morgan fingerprint density at radius 1 is 1.21 bits per heavy atom. The summed E-state index contributed by atoms with van der Waals surface area (Å²) in [6, 6.07) is 2.43. The van der Waals surface area contributed by atoms with Crippen LogP contribution in [0, 0.1) is 17.6 Å². The highest BCUT2D eigenvalue weighted by Gasteiger charge is 2.32. The van der Waals surface area contributed by atoms with Crippen LogP contribution in [-0.4, -0.2) is 55.8 Å². The fourth-order valence-corrected chi connectivity index (χ4v) is 3.95. The normalized spacial score (nSPS) is 19.0. The molecular weight excluding hydrogens is 432 g/mol. The number of amides is 1. The van der Waals surface area contributed by atoms with Crippen molar-refractivity contribution < 1.29 is 23.0 Å². The number of anilines is 3. The molecule has 182 valence electrons. The molecule has 1 N–H and O–H groups in total. The zero-order valence-corrected chi connectivity index (χ0v) is 17.7. The number of carbonyl (C=O) groups excluding carboxylic acids is 1. The molecule has 1 amide bonds. The first-order valence-corrected chi connectivity index (χ1v) is 10.2. The van der Waals surface area contributed by atoms with Gasteiger partial charge in [0.2, 0.25) is 11.9 Å². The van der Waals surface area contributed by atoms with Crippen LogP contribution in [0.3, 0.4) is 0 Å². The maximum absolute atomic E-state index is 13.8. The van der Waals surface area contributed by atoms with E-state index in [1.807, 2.05) is 18.9 Å². The lowest BCUT2D eigenvalue weighted by molar-refractivity contribution is -0.117. The van der Waals surface area contributed by atoms with Crippen molar-refractivity contribution in [1.29, 1.82) is 0 Å². The van der Waals surface area contributed by atoms with E-state index in [-0.39, 0.29) is 45.0 Å². The molecule has 2 aliphatic rings. The Morgan fingerprint density at radius 2 is 1.88 bits per heavy atom. The third-order valence-corrected chi connectivity index (χ3v) is 5.62. The predicted molar refractivity (Wildman–Crippen MR) is 125 cm³/mol. The zero-order chi connectivity index (χ0) is 22.1. The summed E-state index contributed by atoms with van der Waals surface area (Å²) < 4.78 is 37.7. The molecule has 0 bridgehead atoms. The van der Waals surface area contributed by atoms with Gasteiger partial charge in [-0.25, -0.2) is 13.8 Å². The van der Waals surface area contributed by atoms with Crippen LogP contribution in [0.15, 0.2) is 18.3 Å². The van der Waals surface area contributed by atoms with Gasteiger partial charge in [0, 0.05) is 31.8 Å². The molecule has 1 aliphatic carbocycles. The van der Waals surface area contributed by atoms with Gasteiger partial charge in [0.25, 0.3) is 0 Å². The van der Waals surface area contributed by atoms with Gasteiger partial charge < -0.3 is 24.6 Å². The van der Waals surface area contributed by atoms with Crippen LogP contribution in [0.2, 0.25) is 0 Å². The summed E-state index contributed by atoms with van der Waals surface area (Å²) in [5, 5.41) is 3.31. The smallest absolute Gasteiger partial charge is 0.246 e. The topological polar surface area (TPSA) is 79.8 Å². The predicted octanol–water partition coefficient (Wildman–Crippen LogP) is 4.11. The van der Waals surface area contributed by atoms with Crippen LogP contribution in [0.4, 0.5) is 26.2 Å². The second kappa shape index (κ2) is 10.6. The van der Waals surface area contributed by atoms with Crippen molar-refractivity contribution in [3.63, 3.8) is 0 Å². The number of carbonyl (C=O) groups is 1. The Hall–Kier alpha value is -3.17. The van der Waals surface area contributed by atoms with Crippen molar-refractivity contribution in [2.45, 2.75) is 40.7 Å². The minimum atomic E-state index is -0.788. The monoisotopic (exact) mass is 465 g/mol. The van der Waals surface area contributed by atoms with Crippen molar-refractivity contribution >= 4 is 23.4 Å². The summed E-state index contributed by atoms with van der Waals surface area (Å²) >= 11 is 0. The molecule has 1 saturated carbocycles. The Labute approximate surface area is 193 Å². The third kappa shape index (κ3) is 5.26. The maximum atomic E-state index is 13.8. The first kappa shape index (κ1) is 26.1. The first-order valence-electron chi connectivity index (χ1n) is 10.2. The number of nitrogens with zero attached hydrogens (tertiary/aromatic N) is 4. The Kier molecular flexibility index (Phi) is 8.40. The van der Waals surface area contributed by atoms with Gasteiger partial charge in [-0.2, -0.15) is 4.98 Å². The van der Waals surface area contributed by atoms with Crippen molar-refractivity contribution in [3.8, 4) is 11.5 Å². The highest BCUT2D eigenvalue weighted by atomic mass is 19.1. The molecule has 33 heavy (non-hydrogen) atoms. The summed E-state index contributed by atoms with van der Waals surface area (Å²) in [6.07, 6.45) is 3.34. The SMILES string of the molecule is C.C.CCN1C(=O)CN(C)c2nc(NC3CC(COc4cc(F)c(OC)c(F)c4)C3)ncc21. The highest BCUT2D eigenvalue weighted by Crippen LogP contribution is 2.34. The quantitative estimate of drug-likeness (QED) is 0.659. The van der Waals surface area contributed by atoms with Gasteiger partial charge in [-0.3, -0.25) is 4.79 Å². The second-order valence-corrected chi connectivity index (χ2v) is 7.81. The van der Waals surface area contributed by atoms with E-state index >= 15 is 0 Å². The highest BCUT2D eigenvalue weighted by molar-refractivity contribution is 6.02. The summed E-state index contributed by atoms with van der Waals surface area (Å²) in [5.74, 6) is -0.321. The van der Waals surface area contributed by atoms with Crippen LogP contribution >= 0.6 is 0 Å². The molecule has 1 aromatic heterocycles. The molecule has 0 saturated heterocycles. The van der Waals surface area contributed by atoms with Crippen molar-refractivity contribution in [1.82, 2.24) is 9.97 Å².